The van der Waals surface area contributed by atoms with Crippen LogP contribution in [0.15, 0.2) is 0 Å². The van der Waals surface area contributed by atoms with Gasteiger partial charge in [0, 0.05) is 0 Å². The SMILES string of the molecule is CCCC(O)CCNC(C)N. The van der Waals surface area contributed by atoms with Crippen LogP contribution in [0.2, 0.25) is 0 Å². The summed E-state index contributed by atoms with van der Waals surface area (Å²) in [5.41, 5.74) is 5.46. The molecular formula is C8H20N2O. The van der Waals surface area contributed by atoms with E-state index in [1.165, 1.54) is 0 Å². The molecule has 0 saturated heterocycles. The van der Waals surface area contributed by atoms with Gasteiger partial charge in [-0.3, -0.25) is 0 Å². The lowest BCUT2D eigenvalue weighted by molar-refractivity contribution is 0.152. The molecule has 0 aliphatic carbocycles. The van der Waals surface area contributed by atoms with Crippen molar-refractivity contribution >= 4 is 0 Å². The van der Waals surface area contributed by atoms with Crippen molar-refractivity contribution in [3.63, 3.8) is 0 Å². The molecule has 0 aromatic carbocycles. The molecule has 0 aromatic heterocycles. The van der Waals surface area contributed by atoms with Crippen LogP contribution >= 0.6 is 0 Å². The Kier molecular flexibility index (Phi) is 6.51. The Labute approximate surface area is 69.0 Å². The Morgan fingerprint density at radius 3 is 2.55 bits per heavy atom. The number of aliphatic hydroxyl groups is 1. The van der Waals surface area contributed by atoms with Gasteiger partial charge in [0.15, 0.2) is 0 Å². The number of hydrogen-bond donors (Lipinski definition) is 3. The van der Waals surface area contributed by atoms with Crippen molar-refractivity contribution in [3.05, 3.63) is 0 Å². The first-order valence-electron chi connectivity index (χ1n) is 4.33. The Hall–Kier alpha value is -0.120. The highest BCUT2D eigenvalue weighted by Gasteiger charge is 2.01. The third-order valence-corrected chi connectivity index (χ3v) is 1.57. The summed E-state index contributed by atoms with van der Waals surface area (Å²) in [6.45, 7) is 4.77. The molecule has 2 unspecified atom stereocenters. The van der Waals surface area contributed by atoms with E-state index >= 15 is 0 Å². The van der Waals surface area contributed by atoms with Crippen LogP contribution in [0.4, 0.5) is 0 Å². The van der Waals surface area contributed by atoms with E-state index in [2.05, 4.69) is 12.2 Å². The summed E-state index contributed by atoms with van der Waals surface area (Å²) in [4.78, 5) is 0. The molecule has 3 nitrogen and oxygen atoms in total. The van der Waals surface area contributed by atoms with Crippen molar-refractivity contribution in [2.45, 2.75) is 45.4 Å². The number of hydrogen-bond acceptors (Lipinski definition) is 3. The van der Waals surface area contributed by atoms with E-state index in [1.807, 2.05) is 6.92 Å². The van der Waals surface area contributed by atoms with E-state index in [1.54, 1.807) is 0 Å². The minimum absolute atomic E-state index is 0.0313. The molecule has 0 aliphatic heterocycles. The number of nitrogens with one attached hydrogen (secondary N) is 1. The van der Waals surface area contributed by atoms with Crippen molar-refractivity contribution in [2.75, 3.05) is 6.54 Å². The Morgan fingerprint density at radius 1 is 1.45 bits per heavy atom. The summed E-state index contributed by atoms with van der Waals surface area (Å²) < 4.78 is 0. The molecule has 0 amide bonds. The fourth-order valence-corrected chi connectivity index (χ4v) is 0.955. The van der Waals surface area contributed by atoms with Crippen molar-refractivity contribution in [1.82, 2.24) is 5.32 Å². The summed E-state index contributed by atoms with van der Waals surface area (Å²) in [6, 6.07) is 0. The molecule has 0 aliphatic rings. The Bertz CT molecular complexity index is 86.2. The predicted octanol–water partition coefficient (Wildman–Crippen LogP) is 0.432. The van der Waals surface area contributed by atoms with Crippen LogP contribution in [-0.2, 0) is 0 Å². The summed E-state index contributed by atoms with van der Waals surface area (Å²) in [6.07, 6.45) is 2.60. The minimum atomic E-state index is -0.161. The van der Waals surface area contributed by atoms with Gasteiger partial charge in [0.1, 0.15) is 0 Å². The molecule has 0 saturated carbocycles. The van der Waals surface area contributed by atoms with Gasteiger partial charge in [0.25, 0.3) is 0 Å². The van der Waals surface area contributed by atoms with E-state index < -0.39 is 0 Å². The smallest absolute Gasteiger partial charge is 0.0552 e. The highest BCUT2D eigenvalue weighted by molar-refractivity contribution is 4.58. The highest BCUT2D eigenvalue weighted by atomic mass is 16.3. The van der Waals surface area contributed by atoms with Crippen LogP contribution in [-0.4, -0.2) is 23.9 Å². The maximum Gasteiger partial charge on any atom is 0.0552 e. The van der Waals surface area contributed by atoms with Gasteiger partial charge in [-0.25, -0.2) is 0 Å². The quantitative estimate of drug-likeness (QED) is 0.494. The zero-order chi connectivity index (χ0) is 8.69. The van der Waals surface area contributed by atoms with E-state index in [0.29, 0.717) is 0 Å². The summed E-state index contributed by atoms with van der Waals surface area (Å²) in [5.74, 6) is 0. The lowest BCUT2D eigenvalue weighted by atomic mass is 10.1. The average molecular weight is 160 g/mol. The van der Waals surface area contributed by atoms with Crippen molar-refractivity contribution < 1.29 is 5.11 Å². The number of nitrogens with two attached hydrogens (primary N) is 1. The van der Waals surface area contributed by atoms with Crippen molar-refractivity contribution in [2.24, 2.45) is 5.73 Å². The standard InChI is InChI=1S/C8H20N2O/c1-3-4-8(11)5-6-10-7(2)9/h7-8,10-11H,3-6,9H2,1-2H3. The zero-order valence-electron chi connectivity index (χ0n) is 7.51. The topological polar surface area (TPSA) is 58.3 Å². The molecule has 0 fully saturated rings. The molecule has 0 aromatic rings. The van der Waals surface area contributed by atoms with Crippen LogP contribution in [0.25, 0.3) is 0 Å². The molecule has 0 spiro atoms. The normalized spacial score (nSPS) is 16.4. The first-order chi connectivity index (χ1) is 5.16. The monoisotopic (exact) mass is 160 g/mol. The van der Waals surface area contributed by atoms with Gasteiger partial charge in [-0.1, -0.05) is 13.3 Å². The Balaban J connectivity index is 3.10. The lowest BCUT2D eigenvalue weighted by Gasteiger charge is -2.11. The largest absolute Gasteiger partial charge is 0.393 e. The zero-order valence-corrected chi connectivity index (χ0v) is 7.51. The molecule has 68 valence electrons. The van der Waals surface area contributed by atoms with Crippen LogP contribution in [0.3, 0.4) is 0 Å². The summed E-state index contributed by atoms with van der Waals surface area (Å²) in [5, 5.41) is 12.3. The molecule has 11 heavy (non-hydrogen) atoms. The highest BCUT2D eigenvalue weighted by Crippen LogP contribution is 1.99. The van der Waals surface area contributed by atoms with Gasteiger partial charge >= 0.3 is 0 Å². The van der Waals surface area contributed by atoms with Gasteiger partial charge in [0.05, 0.1) is 12.3 Å². The molecule has 3 heteroatoms. The lowest BCUT2D eigenvalue weighted by Crippen LogP contribution is -2.35. The Morgan fingerprint density at radius 2 is 2.09 bits per heavy atom. The molecule has 0 radical (unpaired) electrons. The van der Waals surface area contributed by atoms with Crippen LogP contribution in [0, 0.1) is 0 Å². The molecule has 2 atom stereocenters. The van der Waals surface area contributed by atoms with E-state index in [-0.39, 0.29) is 12.3 Å². The first-order valence-corrected chi connectivity index (χ1v) is 4.33. The maximum atomic E-state index is 9.28. The van der Waals surface area contributed by atoms with Crippen LogP contribution < -0.4 is 11.1 Å². The van der Waals surface area contributed by atoms with Crippen molar-refractivity contribution in [1.29, 1.82) is 0 Å². The van der Waals surface area contributed by atoms with Crippen LogP contribution in [0.5, 0.6) is 0 Å². The second kappa shape index (κ2) is 6.58. The molecule has 0 bridgehead atoms. The minimum Gasteiger partial charge on any atom is -0.393 e. The van der Waals surface area contributed by atoms with Gasteiger partial charge in [0.2, 0.25) is 0 Å². The molecule has 4 N–H and O–H groups in total. The average Bonchev–Trinajstić information content (AvgIpc) is 1.87. The summed E-state index contributed by atoms with van der Waals surface area (Å²) >= 11 is 0. The van der Waals surface area contributed by atoms with Crippen LogP contribution in [0.1, 0.15) is 33.1 Å². The third kappa shape index (κ3) is 7.78. The summed E-state index contributed by atoms with van der Waals surface area (Å²) in [7, 11) is 0. The second-order valence-electron chi connectivity index (χ2n) is 2.97. The molecule has 0 rings (SSSR count). The van der Waals surface area contributed by atoms with E-state index in [4.69, 9.17) is 5.73 Å². The van der Waals surface area contributed by atoms with Gasteiger partial charge in [-0.15, -0.1) is 0 Å². The van der Waals surface area contributed by atoms with Gasteiger partial charge in [-0.05, 0) is 26.3 Å². The fraction of sp³-hybridized carbons (Fsp3) is 1.00. The maximum absolute atomic E-state index is 9.28. The van der Waals surface area contributed by atoms with E-state index in [9.17, 15) is 5.11 Å². The fourth-order valence-electron chi connectivity index (χ4n) is 0.955. The van der Waals surface area contributed by atoms with Gasteiger partial charge < -0.3 is 16.2 Å². The number of aliphatic hydroxyl groups excluding tert-OH is 1. The first kappa shape index (κ1) is 10.9. The third-order valence-electron chi connectivity index (χ3n) is 1.57. The molecular weight excluding hydrogens is 140 g/mol. The van der Waals surface area contributed by atoms with E-state index in [0.717, 1.165) is 25.8 Å². The molecule has 0 heterocycles. The number of rotatable bonds is 6. The van der Waals surface area contributed by atoms with Crippen molar-refractivity contribution in [3.8, 4) is 0 Å². The van der Waals surface area contributed by atoms with Gasteiger partial charge in [-0.2, -0.15) is 0 Å². The predicted molar refractivity (Wildman–Crippen MR) is 47.2 cm³/mol. The second-order valence-corrected chi connectivity index (χ2v) is 2.97.